The van der Waals surface area contributed by atoms with Crippen LogP contribution in [-0.2, 0) is 19.4 Å². The lowest BCUT2D eigenvalue weighted by molar-refractivity contribution is -0.144. The smallest absolute Gasteiger partial charge is 0.225 e. The van der Waals surface area contributed by atoms with Crippen LogP contribution in [0.25, 0.3) is 0 Å². The molecule has 7 heteroatoms. The van der Waals surface area contributed by atoms with Crippen molar-refractivity contribution in [3.63, 3.8) is 0 Å². The molecule has 1 atom stereocenters. The van der Waals surface area contributed by atoms with E-state index < -0.39 is 9.84 Å². The fourth-order valence-electron chi connectivity index (χ4n) is 3.81. The molecule has 2 saturated heterocycles. The maximum absolute atomic E-state index is 12.6. The summed E-state index contributed by atoms with van der Waals surface area (Å²) in [6, 6.07) is -0.179. The van der Waals surface area contributed by atoms with Gasteiger partial charge < -0.3 is 9.80 Å². The number of carbonyl (C=O) groups is 2. The Bertz CT molecular complexity index is 577. The molecule has 130 valence electrons. The van der Waals surface area contributed by atoms with E-state index in [2.05, 4.69) is 0 Å². The number of piperidine rings is 1. The van der Waals surface area contributed by atoms with E-state index in [1.54, 1.807) is 11.9 Å². The molecule has 0 aromatic rings. The van der Waals surface area contributed by atoms with E-state index in [1.807, 2.05) is 4.90 Å². The number of hydrogen-bond donors (Lipinski definition) is 0. The predicted octanol–water partition coefficient (Wildman–Crippen LogP) is 0.671. The van der Waals surface area contributed by atoms with Crippen molar-refractivity contribution >= 4 is 21.7 Å². The number of sulfone groups is 1. The van der Waals surface area contributed by atoms with Gasteiger partial charge in [0.15, 0.2) is 9.84 Å². The summed E-state index contributed by atoms with van der Waals surface area (Å²) in [5.41, 5.74) is 0. The number of carbonyl (C=O) groups excluding carboxylic acids is 2. The van der Waals surface area contributed by atoms with Crippen LogP contribution in [0, 0.1) is 11.8 Å². The number of hydrogen-bond acceptors (Lipinski definition) is 4. The van der Waals surface area contributed by atoms with Crippen molar-refractivity contribution in [3.05, 3.63) is 0 Å². The lowest BCUT2D eigenvalue weighted by Gasteiger charge is -2.37. The van der Waals surface area contributed by atoms with E-state index in [1.165, 1.54) is 0 Å². The summed E-state index contributed by atoms with van der Waals surface area (Å²) >= 11 is 0. The van der Waals surface area contributed by atoms with Crippen LogP contribution in [0.3, 0.4) is 0 Å². The van der Waals surface area contributed by atoms with Crippen molar-refractivity contribution in [2.45, 2.75) is 44.6 Å². The summed E-state index contributed by atoms with van der Waals surface area (Å²) in [5, 5.41) is 0. The zero-order chi connectivity index (χ0) is 16.6. The molecule has 0 bridgehead atoms. The first-order valence-corrected chi connectivity index (χ1v) is 10.5. The zero-order valence-electron chi connectivity index (χ0n) is 13.7. The Morgan fingerprint density at radius 3 is 2.13 bits per heavy atom. The Balaban J connectivity index is 1.50. The maximum Gasteiger partial charge on any atom is 0.225 e. The second kappa shape index (κ2) is 6.42. The highest BCUT2D eigenvalue weighted by Crippen LogP contribution is 2.30. The Morgan fingerprint density at radius 2 is 1.65 bits per heavy atom. The number of rotatable bonds is 3. The van der Waals surface area contributed by atoms with Crippen molar-refractivity contribution in [2.75, 3.05) is 31.6 Å². The molecule has 1 saturated carbocycles. The molecule has 0 aromatic carbocycles. The van der Waals surface area contributed by atoms with Gasteiger partial charge in [-0.05, 0) is 32.1 Å². The lowest BCUT2D eigenvalue weighted by atomic mass is 9.83. The van der Waals surface area contributed by atoms with Gasteiger partial charge in [-0.15, -0.1) is 0 Å². The van der Waals surface area contributed by atoms with Gasteiger partial charge in [-0.2, -0.15) is 0 Å². The van der Waals surface area contributed by atoms with E-state index in [-0.39, 0.29) is 41.2 Å². The van der Waals surface area contributed by atoms with Crippen molar-refractivity contribution in [1.29, 1.82) is 0 Å². The summed E-state index contributed by atoms with van der Waals surface area (Å²) in [4.78, 5) is 28.4. The largest absolute Gasteiger partial charge is 0.342 e. The lowest BCUT2D eigenvalue weighted by Crippen LogP contribution is -2.48. The average Bonchev–Trinajstić information content (AvgIpc) is 2.84. The van der Waals surface area contributed by atoms with Gasteiger partial charge in [0, 0.05) is 38.0 Å². The second-order valence-corrected chi connectivity index (χ2v) is 9.46. The Morgan fingerprint density at radius 1 is 1.00 bits per heavy atom. The van der Waals surface area contributed by atoms with Gasteiger partial charge in [0.05, 0.1) is 11.5 Å². The van der Waals surface area contributed by atoms with Crippen LogP contribution >= 0.6 is 0 Å². The highest BCUT2D eigenvalue weighted by Gasteiger charge is 2.37. The molecule has 3 aliphatic rings. The van der Waals surface area contributed by atoms with Crippen molar-refractivity contribution in [1.82, 2.24) is 9.80 Å². The molecule has 0 radical (unpaired) electrons. The fraction of sp³-hybridized carbons (Fsp3) is 0.875. The topological polar surface area (TPSA) is 74.8 Å². The van der Waals surface area contributed by atoms with Crippen LogP contribution in [0.5, 0.6) is 0 Å². The number of amides is 2. The molecule has 23 heavy (non-hydrogen) atoms. The molecule has 0 aromatic heterocycles. The summed E-state index contributed by atoms with van der Waals surface area (Å²) in [6.45, 7) is 1.31. The predicted molar refractivity (Wildman–Crippen MR) is 86.5 cm³/mol. The SMILES string of the molecule is CN(C(=O)C1CCN(C(=O)C2CCC2)CC1)C1CCS(=O)(=O)C1. The van der Waals surface area contributed by atoms with Crippen molar-refractivity contribution in [3.8, 4) is 0 Å². The van der Waals surface area contributed by atoms with Crippen LogP contribution in [0.1, 0.15) is 38.5 Å². The average molecular weight is 342 g/mol. The van der Waals surface area contributed by atoms with Crippen LogP contribution in [0.4, 0.5) is 0 Å². The van der Waals surface area contributed by atoms with Crippen LogP contribution in [0.2, 0.25) is 0 Å². The number of likely N-dealkylation sites (tertiary alicyclic amines) is 1. The molecule has 0 spiro atoms. The molecule has 0 N–H and O–H groups in total. The molecule has 3 rings (SSSR count). The van der Waals surface area contributed by atoms with Gasteiger partial charge in [-0.1, -0.05) is 6.42 Å². The van der Waals surface area contributed by atoms with Gasteiger partial charge in [0.2, 0.25) is 11.8 Å². The maximum atomic E-state index is 12.6. The third kappa shape index (κ3) is 3.54. The first-order valence-electron chi connectivity index (χ1n) is 8.63. The van der Waals surface area contributed by atoms with Crippen LogP contribution in [0.15, 0.2) is 0 Å². The monoisotopic (exact) mass is 342 g/mol. The number of nitrogens with zero attached hydrogens (tertiary/aromatic N) is 2. The molecular formula is C16H26N2O4S. The first-order chi connectivity index (χ1) is 10.9. The third-order valence-electron chi connectivity index (χ3n) is 5.71. The minimum atomic E-state index is -2.98. The molecule has 1 aliphatic carbocycles. The molecule has 3 fully saturated rings. The molecule has 2 amide bonds. The minimum Gasteiger partial charge on any atom is -0.342 e. The summed E-state index contributed by atoms with van der Waals surface area (Å²) < 4.78 is 23.2. The van der Waals surface area contributed by atoms with Gasteiger partial charge >= 0.3 is 0 Å². The van der Waals surface area contributed by atoms with E-state index in [9.17, 15) is 18.0 Å². The van der Waals surface area contributed by atoms with Crippen molar-refractivity contribution < 1.29 is 18.0 Å². The Hall–Kier alpha value is -1.11. The summed E-state index contributed by atoms with van der Waals surface area (Å²) in [5.74, 6) is 0.723. The van der Waals surface area contributed by atoms with Crippen LogP contribution in [-0.4, -0.2) is 67.7 Å². The quantitative estimate of drug-likeness (QED) is 0.755. The van der Waals surface area contributed by atoms with Gasteiger partial charge in [0.25, 0.3) is 0 Å². The fourth-order valence-corrected chi connectivity index (χ4v) is 5.58. The summed E-state index contributed by atoms with van der Waals surface area (Å²) in [7, 11) is -1.26. The van der Waals surface area contributed by atoms with E-state index in [4.69, 9.17) is 0 Å². The highest BCUT2D eigenvalue weighted by molar-refractivity contribution is 7.91. The molecule has 1 unspecified atom stereocenters. The molecule has 6 nitrogen and oxygen atoms in total. The van der Waals surface area contributed by atoms with E-state index in [0.29, 0.717) is 32.4 Å². The second-order valence-electron chi connectivity index (χ2n) is 7.23. The van der Waals surface area contributed by atoms with Crippen molar-refractivity contribution in [2.24, 2.45) is 11.8 Å². The standard InChI is InChI=1S/C16H26N2O4S/c1-17(14-7-10-23(21,22)11-14)15(19)13-5-8-18(9-6-13)16(20)12-3-2-4-12/h12-14H,2-11H2,1H3. The summed E-state index contributed by atoms with van der Waals surface area (Å²) in [6.07, 6.45) is 5.11. The minimum absolute atomic E-state index is 0.0443. The normalized spacial score (nSPS) is 28.4. The Kier molecular flexibility index (Phi) is 4.67. The van der Waals surface area contributed by atoms with Crippen LogP contribution < -0.4 is 0 Å². The molecule has 2 heterocycles. The van der Waals surface area contributed by atoms with E-state index in [0.717, 1.165) is 19.3 Å². The highest BCUT2D eigenvalue weighted by atomic mass is 32.2. The third-order valence-corrected chi connectivity index (χ3v) is 7.46. The first kappa shape index (κ1) is 16.7. The Labute approximate surface area is 138 Å². The molecular weight excluding hydrogens is 316 g/mol. The van der Waals surface area contributed by atoms with Gasteiger partial charge in [-0.3, -0.25) is 9.59 Å². The van der Waals surface area contributed by atoms with E-state index >= 15 is 0 Å². The van der Waals surface area contributed by atoms with Gasteiger partial charge in [-0.25, -0.2) is 8.42 Å². The zero-order valence-corrected chi connectivity index (χ0v) is 14.6. The van der Waals surface area contributed by atoms with Gasteiger partial charge in [0.1, 0.15) is 0 Å². The molecule has 2 aliphatic heterocycles.